The van der Waals surface area contributed by atoms with Crippen molar-refractivity contribution in [2.45, 2.75) is 32.2 Å². The van der Waals surface area contributed by atoms with Gasteiger partial charge in [-0.05, 0) is 50.1 Å². The van der Waals surface area contributed by atoms with Crippen LogP contribution in [-0.2, 0) is 9.59 Å². The molecule has 0 unspecified atom stereocenters. The molecule has 4 rings (SSSR count). The van der Waals surface area contributed by atoms with Crippen molar-refractivity contribution in [1.29, 1.82) is 0 Å². The van der Waals surface area contributed by atoms with E-state index in [1.807, 2.05) is 31.2 Å². The maximum absolute atomic E-state index is 12.8. The third-order valence-electron chi connectivity index (χ3n) is 5.26. The van der Waals surface area contributed by atoms with Crippen molar-refractivity contribution in [3.8, 4) is 5.75 Å². The lowest BCUT2D eigenvalue weighted by atomic mass is 10.1. The van der Waals surface area contributed by atoms with Gasteiger partial charge in [0.15, 0.2) is 0 Å². The molecule has 0 radical (unpaired) electrons. The highest BCUT2D eigenvalue weighted by molar-refractivity contribution is 6.04. The fourth-order valence-electron chi connectivity index (χ4n) is 3.55. The van der Waals surface area contributed by atoms with E-state index in [-0.39, 0.29) is 36.7 Å². The molecule has 1 aliphatic heterocycles. The molecule has 3 amide bonds. The largest absolute Gasteiger partial charge is 0.492 e. The number of nitrogens with zero attached hydrogens (tertiary/aromatic N) is 1. The summed E-state index contributed by atoms with van der Waals surface area (Å²) in [6.07, 6.45) is 2.16. The molecule has 1 saturated carbocycles. The Morgan fingerprint density at radius 1 is 1.13 bits per heavy atom. The minimum atomic E-state index is -0.476. The fraction of sp³-hybridized carbons (Fsp3) is 0.348. The minimum Gasteiger partial charge on any atom is -0.492 e. The van der Waals surface area contributed by atoms with Crippen molar-refractivity contribution >= 4 is 29.1 Å². The number of hydrogen-bond donors (Lipinski definition) is 2. The number of anilines is 2. The van der Waals surface area contributed by atoms with E-state index in [2.05, 4.69) is 10.6 Å². The number of benzene rings is 2. The topological polar surface area (TPSA) is 87.7 Å². The molecule has 2 N–H and O–H groups in total. The maximum atomic E-state index is 12.8. The van der Waals surface area contributed by atoms with Crippen molar-refractivity contribution in [3.05, 3.63) is 54.1 Å². The number of para-hydroxylation sites is 2. The summed E-state index contributed by atoms with van der Waals surface area (Å²) >= 11 is 0. The highest BCUT2D eigenvalue weighted by atomic mass is 16.5. The Morgan fingerprint density at radius 2 is 1.93 bits per heavy atom. The van der Waals surface area contributed by atoms with Crippen molar-refractivity contribution in [2.75, 3.05) is 23.4 Å². The molecule has 0 spiro atoms. The lowest BCUT2D eigenvalue weighted by molar-refractivity contribution is -0.122. The van der Waals surface area contributed by atoms with Crippen LogP contribution in [0.2, 0.25) is 0 Å². The normalized spacial score (nSPS) is 18.2. The molecule has 1 heterocycles. The summed E-state index contributed by atoms with van der Waals surface area (Å²) in [7, 11) is 0. The average Bonchev–Trinajstić information content (AvgIpc) is 3.47. The smallest absolute Gasteiger partial charge is 0.251 e. The second-order valence-electron chi connectivity index (χ2n) is 7.62. The molecule has 2 aromatic rings. The van der Waals surface area contributed by atoms with Crippen LogP contribution in [0.3, 0.4) is 0 Å². The number of rotatable bonds is 7. The summed E-state index contributed by atoms with van der Waals surface area (Å²) in [5.41, 5.74) is 1.73. The predicted octanol–water partition coefficient (Wildman–Crippen LogP) is 2.97. The van der Waals surface area contributed by atoms with Gasteiger partial charge in [0.2, 0.25) is 11.8 Å². The van der Waals surface area contributed by atoms with Gasteiger partial charge < -0.3 is 20.3 Å². The van der Waals surface area contributed by atoms with Crippen LogP contribution in [-0.4, -0.2) is 36.9 Å². The quantitative estimate of drug-likeness (QED) is 0.739. The van der Waals surface area contributed by atoms with Crippen molar-refractivity contribution in [1.82, 2.24) is 5.32 Å². The molecule has 0 bridgehead atoms. The molecule has 7 heteroatoms. The summed E-state index contributed by atoms with van der Waals surface area (Å²) in [5.74, 6) is -0.331. The van der Waals surface area contributed by atoms with E-state index in [0.29, 0.717) is 29.3 Å². The van der Waals surface area contributed by atoms with Crippen LogP contribution in [0.1, 0.15) is 36.5 Å². The summed E-state index contributed by atoms with van der Waals surface area (Å²) in [4.78, 5) is 39.2. The molecular weight excluding hydrogens is 382 g/mol. The molecule has 1 atom stereocenters. The van der Waals surface area contributed by atoms with Crippen molar-refractivity contribution in [3.63, 3.8) is 0 Å². The van der Waals surface area contributed by atoms with Crippen LogP contribution >= 0.6 is 0 Å². The lowest BCUT2D eigenvalue weighted by Gasteiger charge is -2.20. The molecular formula is C23H25N3O4. The van der Waals surface area contributed by atoms with Crippen LogP contribution in [0.5, 0.6) is 5.75 Å². The van der Waals surface area contributed by atoms with Crippen molar-refractivity contribution in [2.24, 2.45) is 5.92 Å². The highest BCUT2D eigenvalue weighted by Crippen LogP contribution is 2.33. The average molecular weight is 407 g/mol. The van der Waals surface area contributed by atoms with Gasteiger partial charge >= 0.3 is 0 Å². The van der Waals surface area contributed by atoms with Crippen LogP contribution in [0, 0.1) is 5.92 Å². The molecule has 7 nitrogen and oxygen atoms in total. The zero-order valence-corrected chi connectivity index (χ0v) is 16.9. The predicted molar refractivity (Wildman–Crippen MR) is 114 cm³/mol. The third-order valence-corrected chi connectivity index (χ3v) is 5.26. The summed E-state index contributed by atoms with van der Waals surface area (Å²) in [6.45, 7) is 2.67. The Hall–Kier alpha value is -3.35. The number of carbonyl (C=O) groups is 3. The summed E-state index contributed by atoms with van der Waals surface area (Å²) in [5, 5.41) is 5.79. The number of ether oxygens (including phenoxy) is 1. The van der Waals surface area contributed by atoms with Gasteiger partial charge in [-0.15, -0.1) is 0 Å². The SMILES string of the molecule is CCOc1ccccc1N1C[C@@H](C(=O)Nc2cccc(C(=O)NC3CC3)c2)CC1=O. The second kappa shape index (κ2) is 8.57. The van der Waals surface area contributed by atoms with Crippen LogP contribution < -0.4 is 20.3 Å². The molecule has 2 aliphatic rings. The van der Waals surface area contributed by atoms with Crippen LogP contribution in [0.15, 0.2) is 48.5 Å². The maximum Gasteiger partial charge on any atom is 0.251 e. The van der Waals surface area contributed by atoms with Gasteiger partial charge in [-0.3, -0.25) is 14.4 Å². The standard InChI is InChI=1S/C23H25N3O4/c1-2-30-20-9-4-3-8-19(20)26-14-16(13-21(26)27)23(29)25-18-7-5-6-15(12-18)22(28)24-17-10-11-17/h3-9,12,16-17H,2,10-11,13-14H2,1H3,(H,24,28)(H,25,29)/t16-/m0/s1. The number of carbonyl (C=O) groups excluding carboxylic acids is 3. The molecule has 156 valence electrons. The second-order valence-corrected chi connectivity index (χ2v) is 7.62. The third kappa shape index (κ3) is 4.45. The Bertz CT molecular complexity index is 970. The highest BCUT2D eigenvalue weighted by Gasteiger charge is 2.36. The van der Waals surface area contributed by atoms with E-state index >= 15 is 0 Å². The first-order valence-electron chi connectivity index (χ1n) is 10.3. The van der Waals surface area contributed by atoms with Gasteiger partial charge in [-0.25, -0.2) is 0 Å². The van der Waals surface area contributed by atoms with Crippen LogP contribution in [0.4, 0.5) is 11.4 Å². The van der Waals surface area contributed by atoms with Crippen LogP contribution in [0.25, 0.3) is 0 Å². The van der Waals surface area contributed by atoms with Gasteiger partial charge in [0, 0.05) is 30.3 Å². The fourth-order valence-corrected chi connectivity index (χ4v) is 3.55. The van der Waals surface area contributed by atoms with E-state index < -0.39 is 5.92 Å². The first-order valence-corrected chi connectivity index (χ1v) is 10.3. The Kier molecular flexibility index (Phi) is 5.70. The number of hydrogen-bond acceptors (Lipinski definition) is 4. The van der Waals surface area contributed by atoms with Gasteiger partial charge in [-0.2, -0.15) is 0 Å². The number of amides is 3. The van der Waals surface area contributed by atoms with E-state index in [1.165, 1.54) is 0 Å². The van der Waals surface area contributed by atoms with Gasteiger partial charge in [-0.1, -0.05) is 18.2 Å². The lowest BCUT2D eigenvalue weighted by Crippen LogP contribution is -2.28. The Balaban J connectivity index is 1.42. The molecule has 0 aromatic heterocycles. The first kappa shape index (κ1) is 19.9. The minimum absolute atomic E-state index is 0.111. The Morgan fingerprint density at radius 3 is 2.70 bits per heavy atom. The van der Waals surface area contributed by atoms with Gasteiger partial charge in [0.1, 0.15) is 5.75 Å². The molecule has 1 saturated heterocycles. The van der Waals surface area contributed by atoms with E-state index in [4.69, 9.17) is 4.74 Å². The first-order chi connectivity index (χ1) is 14.5. The zero-order valence-electron chi connectivity index (χ0n) is 16.9. The van der Waals surface area contributed by atoms with E-state index in [1.54, 1.807) is 29.2 Å². The Labute approximate surface area is 175 Å². The zero-order chi connectivity index (χ0) is 21.1. The van der Waals surface area contributed by atoms with E-state index in [0.717, 1.165) is 12.8 Å². The summed E-state index contributed by atoms with van der Waals surface area (Å²) < 4.78 is 5.62. The molecule has 2 aromatic carbocycles. The van der Waals surface area contributed by atoms with E-state index in [9.17, 15) is 14.4 Å². The van der Waals surface area contributed by atoms with Crippen molar-refractivity contribution < 1.29 is 19.1 Å². The monoisotopic (exact) mass is 407 g/mol. The summed E-state index contributed by atoms with van der Waals surface area (Å²) in [6, 6.07) is 14.5. The van der Waals surface area contributed by atoms with Gasteiger partial charge in [0.05, 0.1) is 18.2 Å². The molecule has 30 heavy (non-hydrogen) atoms. The molecule has 2 fully saturated rings. The van der Waals surface area contributed by atoms with Gasteiger partial charge in [0.25, 0.3) is 5.91 Å². The molecule has 1 aliphatic carbocycles. The number of nitrogens with one attached hydrogen (secondary N) is 2.